The third-order valence-electron chi connectivity index (χ3n) is 3.23. The standard InChI is InChI=1S/C12H24N2O2/c1-13-7-8-14(2)12(15)4-3-11-5-9-16-10-6-11/h11,13H,3-10H2,1-2H3. The molecule has 0 atom stereocenters. The highest BCUT2D eigenvalue weighted by Gasteiger charge is 2.16. The molecule has 4 nitrogen and oxygen atoms in total. The summed E-state index contributed by atoms with van der Waals surface area (Å²) in [4.78, 5) is 13.6. The van der Waals surface area contributed by atoms with Gasteiger partial charge in [-0.05, 0) is 32.2 Å². The van der Waals surface area contributed by atoms with Crippen LogP contribution in [-0.2, 0) is 9.53 Å². The van der Waals surface area contributed by atoms with Crippen LogP contribution in [0.5, 0.6) is 0 Å². The van der Waals surface area contributed by atoms with E-state index in [4.69, 9.17) is 4.74 Å². The zero-order valence-corrected chi connectivity index (χ0v) is 10.5. The lowest BCUT2D eigenvalue weighted by Gasteiger charge is -2.23. The minimum atomic E-state index is 0.266. The van der Waals surface area contributed by atoms with Crippen LogP contribution in [0.2, 0.25) is 0 Å². The minimum absolute atomic E-state index is 0.266. The maximum atomic E-state index is 11.8. The fraction of sp³-hybridized carbons (Fsp3) is 0.917. The molecule has 0 aromatic rings. The van der Waals surface area contributed by atoms with Crippen molar-refractivity contribution in [3.63, 3.8) is 0 Å². The number of likely N-dealkylation sites (N-methyl/N-ethyl adjacent to an activating group) is 2. The van der Waals surface area contributed by atoms with E-state index < -0.39 is 0 Å². The number of rotatable bonds is 6. The average molecular weight is 228 g/mol. The zero-order valence-electron chi connectivity index (χ0n) is 10.5. The second-order valence-electron chi connectivity index (χ2n) is 4.51. The molecule has 1 aliphatic rings. The van der Waals surface area contributed by atoms with E-state index in [0.717, 1.165) is 45.6 Å². The lowest BCUT2D eigenvalue weighted by Crippen LogP contribution is -2.33. The quantitative estimate of drug-likeness (QED) is 0.733. The van der Waals surface area contributed by atoms with Crippen molar-refractivity contribution in [2.45, 2.75) is 25.7 Å². The highest BCUT2D eigenvalue weighted by molar-refractivity contribution is 5.75. The molecule has 0 aliphatic carbocycles. The van der Waals surface area contributed by atoms with Crippen LogP contribution in [0.25, 0.3) is 0 Å². The topological polar surface area (TPSA) is 41.6 Å². The van der Waals surface area contributed by atoms with Gasteiger partial charge in [-0.1, -0.05) is 0 Å². The van der Waals surface area contributed by atoms with Gasteiger partial charge in [0, 0.05) is 39.8 Å². The second kappa shape index (κ2) is 7.63. The van der Waals surface area contributed by atoms with Crippen LogP contribution < -0.4 is 5.32 Å². The molecule has 0 radical (unpaired) electrons. The van der Waals surface area contributed by atoms with Crippen LogP contribution in [0, 0.1) is 5.92 Å². The summed E-state index contributed by atoms with van der Waals surface area (Å²) in [5, 5.41) is 3.05. The summed E-state index contributed by atoms with van der Waals surface area (Å²) in [6.07, 6.45) is 3.94. The van der Waals surface area contributed by atoms with Crippen LogP contribution in [-0.4, -0.2) is 51.2 Å². The van der Waals surface area contributed by atoms with Crippen molar-refractivity contribution in [1.82, 2.24) is 10.2 Å². The summed E-state index contributed by atoms with van der Waals surface area (Å²) >= 11 is 0. The Bertz CT molecular complexity index is 203. The van der Waals surface area contributed by atoms with Crippen LogP contribution in [0.1, 0.15) is 25.7 Å². The van der Waals surface area contributed by atoms with E-state index in [-0.39, 0.29) is 5.91 Å². The number of carbonyl (C=O) groups is 1. The largest absolute Gasteiger partial charge is 0.381 e. The molecule has 0 aromatic heterocycles. The van der Waals surface area contributed by atoms with E-state index in [2.05, 4.69) is 5.32 Å². The first-order chi connectivity index (χ1) is 7.74. The number of hydrogen-bond acceptors (Lipinski definition) is 3. The predicted molar refractivity (Wildman–Crippen MR) is 64.3 cm³/mol. The Morgan fingerprint density at radius 3 is 2.75 bits per heavy atom. The number of ether oxygens (including phenoxy) is 1. The van der Waals surface area contributed by atoms with Crippen molar-refractivity contribution in [2.24, 2.45) is 5.92 Å². The van der Waals surface area contributed by atoms with Gasteiger partial charge in [0.2, 0.25) is 5.91 Å². The SMILES string of the molecule is CNCCN(C)C(=O)CCC1CCOCC1. The van der Waals surface area contributed by atoms with Crippen LogP contribution in [0.4, 0.5) is 0 Å². The van der Waals surface area contributed by atoms with E-state index in [1.807, 2.05) is 19.0 Å². The molecule has 4 heteroatoms. The smallest absolute Gasteiger partial charge is 0.222 e. The Morgan fingerprint density at radius 1 is 1.44 bits per heavy atom. The van der Waals surface area contributed by atoms with Gasteiger partial charge in [0.1, 0.15) is 0 Å². The van der Waals surface area contributed by atoms with E-state index in [1.54, 1.807) is 0 Å². The molecule has 94 valence electrons. The first kappa shape index (κ1) is 13.5. The Morgan fingerprint density at radius 2 is 2.12 bits per heavy atom. The first-order valence-corrected chi connectivity index (χ1v) is 6.20. The number of nitrogens with zero attached hydrogens (tertiary/aromatic N) is 1. The van der Waals surface area contributed by atoms with Crippen LogP contribution >= 0.6 is 0 Å². The van der Waals surface area contributed by atoms with Crippen molar-refractivity contribution in [2.75, 3.05) is 40.4 Å². The Balaban J connectivity index is 2.12. The van der Waals surface area contributed by atoms with Gasteiger partial charge in [-0.2, -0.15) is 0 Å². The predicted octanol–water partition coefficient (Wildman–Crippen LogP) is 0.871. The molecule has 0 bridgehead atoms. The number of hydrogen-bond donors (Lipinski definition) is 1. The first-order valence-electron chi connectivity index (χ1n) is 6.20. The van der Waals surface area contributed by atoms with Crippen molar-refractivity contribution in [1.29, 1.82) is 0 Å². The normalized spacial score (nSPS) is 17.4. The van der Waals surface area contributed by atoms with Gasteiger partial charge in [0.25, 0.3) is 0 Å². The summed E-state index contributed by atoms with van der Waals surface area (Å²) in [6, 6.07) is 0. The van der Waals surface area contributed by atoms with Crippen molar-refractivity contribution >= 4 is 5.91 Å². The summed E-state index contributed by atoms with van der Waals surface area (Å²) in [6.45, 7) is 3.39. The zero-order chi connectivity index (χ0) is 11.8. The molecule has 0 unspecified atom stereocenters. The molecular formula is C12H24N2O2. The number of nitrogens with one attached hydrogen (secondary N) is 1. The third-order valence-corrected chi connectivity index (χ3v) is 3.23. The summed E-state index contributed by atoms with van der Waals surface area (Å²) in [7, 11) is 3.78. The van der Waals surface area contributed by atoms with E-state index in [1.165, 1.54) is 0 Å². The van der Waals surface area contributed by atoms with E-state index >= 15 is 0 Å². The molecule has 0 aromatic carbocycles. The van der Waals surface area contributed by atoms with E-state index in [9.17, 15) is 4.79 Å². The Labute approximate surface area is 98.3 Å². The van der Waals surface area contributed by atoms with Gasteiger partial charge >= 0.3 is 0 Å². The molecule has 0 saturated carbocycles. The van der Waals surface area contributed by atoms with Gasteiger partial charge in [-0.15, -0.1) is 0 Å². The molecule has 1 aliphatic heterocycles. The third kappa shape index (κ3) is 4.94. The molecule has 1 amide bonds. The lowest BCUT2D eigenvalue weighted by atomic mass is 9.95. The second-order valence-corrected chi connectivity index (χ2v) is 4.51. The fourth-order valence-corrected chi connectivity index (χ4v) is 1.96. The maximum Gasteiger partial charge on any atom is 0.222 e. The monoisotopic (exact) mass is 228 g/mol. The molecule has 0 spiro atoms. The lowest BCUT2D eigenvalue weighted by molar-refractivity contribution is -0.130. The molecular weight excluding hydrogens is 204 g/mol. The Hall–Kier alpha value is -0.610. The minimum Gasteiger partial charge on any atom is -0.381 e. The Kier molecular flexibility index (Phi) is 6.42. The van der Waals surface area contributed by atoms with Crippen molar-refractivity contribution in [3.8, 4) is 0 Å². The summed E-state index contributed by atoms with van der Waals surface area (Å²) in [5.74, 6) is 0.956. The molecule has 1 N–H and O–H groups in total. The number of carbonyl (C=O) groups excluding carboxylic acids is 1. The van der Waals surface area contributed by atoms with Gasteiger partial charge in [0.15, 0.2) is 0 Å². The van der Waals surface area contributed by atoms with Gasteiger partial charge in [-0.3, -0.25) is 4.79 Å². The highest BCUT2D eigenvalue weighted by atomic mass is 16.5. The molecule has 1 heterocycles. The molecule has 1 saturated heterocycles. The molecule has 1 rings (SSSR count). The van der Waals surface area contributed by atoms with E-state index in [0.29, 0.717) is 12.3 Å². The van der Waals surface area contributed by atoms with Gasteiger partial charge < -0.3 is 15.0 Å². The highest BCUT2D eigenvalue weighted by Crippen LogP contribution is 2.20. The van der Waals surface area contributed by atoms with Crippen LogP contribution in [0.3, 0.4) is 0 Å². The van der Waals surface area contributed by atoms with Crippen molar-refractivity contribution < 1.29 is 9.53 Å². The average Bonchev–Trinajstić information content (AvgIpc) is 2.34. The number of amides is 1. The fourth-order valence-electron chi connectivity index (χ4n) is 1.96. The molecule has 1 fully saturated rings. The van der Waals surface area contributed by atoms with Crippen LogP contribution in [0.15, 0.2) is 0 Å². The molecule has 16 heavy (non-hydrogen) atoms. The van der Waals surface area contributed by atoms with Gasteiger partial charge in [0.05, 0.1) is 0 Å². The summed E-state index contributed by atoms with van der Waals surface area (Å²) in [5.41, 5.74) is 0. The van der Waals surface area contributed by atoms with Gasteiger partial charge in [-0.25, -0.2) is 0 Å². The van der Waals surface area contributed by atoms with Crippen molar-refractivity contribution in [3.05, 3.63) is 0 Å². The maximum absolute atomic E-state index is 11.8. The summed E-state index contributed by atoms with van der Waals surface area (Å²) < 4.78 is 5.30.